The fraction of sp³-hybridized carbons (Fsp3) is 0.667. The molecule has 2 N–H and O–H groups in total. The summed E-state index contributed by atoms with van der Waals surface area (Å²) in [5, 5.41) is 8.97. The number of piperidine rings is 1. The zero-order valence-corrected chi connectivity index (χ0v) is 13.7. The maximum atomic E-state index is 12.2. The SMILES string of the molecule is CN1CCCC(CNS(=O)(=O)c2cc(CO)oc2Br)C1. The largest absolute Gasteiger partial charge is 0.450 e. The molecule has 6 nitrogen and oxygen atoms in total. The van der Waals surface area contributed by atoms with Crippen LogP contribution >= 0.6 is 15.9 Å². The summed E-state index contributed by atoms with van der Waals surface area (Å²) in [5.41, 5.74) is 0. The number of nitrogens with one attached hydrogen (secondary N) is 1. The number of furan rings is 1. The summed E-state index contributed by atoms with van der Waals surface area (Å²) in [6, 6.07) is 1.33. The van der Waals surface area contributed by atoms with Crippen molar-refractivity contribution in [2.45, 2.75) is 24.3 Å². The number of rotatable bonds is 5. The molecule has 2 heterocycles. The van der Waals surface area contributed by atoms with E-state index in [2.05, 4.69) is 25.6 Å². The highest BCUT2D eigenvalue weighted by Crippen LogP contribution is 2.26. The number of aliphatic hydroxyl groups is 1. The van der Waals surface area contributed by atoms with Gasteiger partial charge >= 0.3 is 0 Å². The number of hydrogen-bond donors (Lipinski definition) is 2. The molecule has 0 spiro atoms. The summed E-state index contributed by atoms with van der Waals surface area (Å²) >= 11 is 3.06. The molecule has 0 radical (unpaired) electrons. The lowest BCUT2D eigenvalue weighted by Gasteiger charge is -2.29. The van der Waals surface area contributed by atoms with Crippen LogP contribution in [-0.4, -0.2) is 45.1 Å². The van der Waals surface area contributed by atoms with Gasteiger partial charge in [0.2, 0.25) is 10.0 Å². The molecule has 0 saturated carbocycles. The van der Waals surface area contributed by atoms with Crippen molar-refractivity contribution in [3.8, 4) is 0 Å². The van der Waals surface area contributed by atoms with Gasteiger partial charge in [0.05, 0.1) is 0 Å². The minimum absolute atomic E-state index is 0.0331. The molecular weight excluding hydrogens is 348 g/mol. The summed E-state index contributed by atoms with van der Waals surface area (Å²) in [7, 11) is -1.57. The molecule has 1 unspecified atom stereocenters. The first-order valence-electron chi connectivity index (χ1n) is 6.49. The highest BCUT2D eigenvalue weighted by molar-refractivity contribution is 9.10. The van der Waals surface area contributed by atoms with Crippen LogP contribution in [0.2, 0.25) is 0 Å². The van der Waals surface area contributed by atoms with Crippen molar-refractivity contribution in [2.24, 2.45) is 5.92 Å². The standard InChI is InChI=1S/C12H19BrN2O4S/c1-15-4-2-3-9(7-15)6-14-20(17,18)11-5-10(8-16)19-12(11)13/h5,9,14,16H,2-4,6-8H2,1H3. The quantitative estimate of drug-likeness (QED) is 0.816. The fourth-order valence-corrected chi connectivity index (χ4v) is 4.52. The van der Waals surface area contributed by atoms with Crippen molar-refractivity contribution in [1.29, 1.82) is 0 Å². The van der Waals surface area contributed by atoms with Gasteiger partial charge in [-0.2, -0.15) is 0 Å². The van der Waals surface area contributed by atoms with Crippen molar-refractivity contribution in [3.63, 3.8) is 0 Å². The number of hydrogen-bond acceptors (Lipinski definition) is 5. The summed E-state index contributed by atoms with van der Waals surface area (Å²) in [6.07, 6.45) is 2.12. The average molecular weight is 367 g/mol. The highest BCUT2D eigenvalue weighted by Gasteiger charge is 2.24. The van der Waals surface area contributed by atoms with E-state index in [1.807, 2.05) is 7.05 Å². The summed E-state index contributed by atoms with van der Waals surface area (Å²) in [4.78, 5) is 2.24. The van der Waals surface area contributed by atoms with Gasteiger partial charge in [-0.3, -0.25) is 0 Å². The van der Waals surface area contributed by atoms with Crippen molar-refractivity contribution in [3.05, 3.63) is 16.5 Å². The molecule has 0 bridgehead atoms. The molecule has 1 aromatic heterocycles. The van der Waals surface area contributed by atoms with Gasteiger partial charge < -0.3 is 14.4 Å². The van der Waals surface area contributed by atoms with E-state index in [0.717, 1.165) is 25.9 Å². The normalized spacial score (nSPS) is 21.2. The van der Waals surface area contributed by atoms with Crippen molar-refractivity contribution in [1.82, 2.24) is 9.62 Å². The highest BCUT2D eigenvalue weighted by atomic mass is 79.9. The minimum Gasteiger partial charge on any atom is -0.450 e. The molecule has 1 fully saturated rings. The lowest BCUT2D eigenvalue weighted by Crippen LogP contribution is -2.39. The number of nitrogens with zero attached hydrogens (tertiary/aromatic N) is 1. The topological polar surface area (TPSA) is 82.8 Å². The van der Waals surface area contributed by atoms with Crippen LogP contribution in [0.15, 0.2) is 20.0 Å². The zero-order chi connectivity index (χ0) is 14.8. The van der Waals surface area contributed by atoms with Crippen LogP contribution < -0.4 is 4.72 Å². The molecule has 2 rings (SSSR count). The molecule has 1 aliphatic heterocycles. The van der Waals surface area contributed by atoms with Gasteiger partial charge in [0, 0.05) is 19.2 Å². The lowest BCUT2D eigenvalue weighted by atomic mass is 9.99. The van der Waals surface area contributed by atoms with Crippen molar-refractivity contribution in [2.75, 3.05) is 26.7 Å². The molecule has 1 aromatic rings. The Morgan fingerprint density at radius 3 is 2.95 bits per heavy atom. The van der Waals surface area contributed by atoms with Gasteiger partial charge in [-0.15, -0.1) is 0 Å². The van der Waals surface area contributed by atoms with Crippen LogP contribution in [-0.2, 0) is 16.6 Å². The maximum Gasteiger partial charge on any atom is 0.244 e. The Kier molecular flexibility index (Phi) is 5.25. The summed E-state index contributed by atoms with van der Waals surface area (Å²) in [6.45, 7) is 2.05. The second-order valence-electron chi connectivity index (χ2n) is 5.13. The van der Waals surface area contributed by atoms with E-state index >= 15 is 0 Å². The van der Waals surface area contributed by atoms with Crippen molar-refractivity contribution >= 4 is 26.0 Å². The van der Waals surface area contributed by atoms with Crippen LogP contribution in [0.3, 0.4) is 0 Å². The third-order valence-electron chi connectivity index (χ3n) is 3.44. The zero-order valence-electron chi connectivity index (χ0n) is 11.3. The monoisotopic (exact) mass is 366 g/mol. The average Bonchev–Trinajstić information content (AvgIpc) is 2.79. The third kappa shape index (κ3) is 3.82. The molecular formula is C12H19BrN2O4S. The fourth-order valence-electron chi connectivity index (χ4n) is 2.40. The summed E-state index contributed by atoms with van der Waals surface area (Å²) < 4.78 is 32.3. The predicted molar refractivity (Wildman–Crippen MR) is 77.7 cm³/mol. The molecule has 0 aromatic carbocycles. The number of likely N-dealkylation sites (tertiary alicyclic amines) is 1. The van der Waals surface area contributed by atoms with Crippen LogP contribution in [0.1, 0.15) is 18.6 Å². The molecule has 8 heteroatoms. The van der Waals surface area contributed by atoms with Crippen LogP contribution in [0.4, 0.5) is 0 Å². The van der Waals surface area contributed by atoms with E-state index in [1.54, 1.807) is 0 Å². The molecule has 0 amide bonds. The van der Waals surface area contributed by atoms with Gasteiger partial charge in [0.25, 0.3) is 0 Å². The maximum absolute atomic E-state index is 12.2. The van der Waals surface area contributed by atoms with E-state index in [1.165, 1.54) is 6.07 Å². The molecule has 0 aliphatic carbocycles. The first kappa shape index (κ1) is 16.0. The Morgan fingerprint density at radius 2 is 2.35 bits per heavy atom. The van der Waals surface area contributed by atoms with Crippen LogP contribution in [0.25, 0.3) is 0 Å². The Balaban J connectivity index is 2.01. The molecule has 1 saturated heterocycles. The second kappa shape index (κ2) is 6.57. The van der Waals surface area contributed by atoms with E-state index in [-0.39, 0.29) is 21.9 Å². The number of sulfonamides is 1. The van der Waals surface area contributed by atoms with Gasteiger partial charge in [-0.1, -0.05) is 0 Å². The summed E-state index contributed by atoms with van der Waals surface area (Å²) in [5.74, 6) is 0.543. The number of halogens is 1. The number of aliphatic hydroxyl groups excluding tert-OH is 1. The van der Waals surface area contributed by atoms with Gasteiger partial charge in [-0.25, -0.2) is 13.1 Å². The van der Waals surface area contributed by atoms with E-state index in [9.17, 15) is 8.42 Å². The third-order valence-corrected chi connectivity index (χ3v) is 5.72. The lowest BCUT2D eigenvalue weighted by molar-refractivity contribution is 0.211. The van der Waals surface area contributed by atoms with E-state index in [4.69, 9.17) is 9.52 Å². The molecule has 20 heavy (non-hydrogen) atoms. The van der Waals surface area contributed by atoms with Gasteiger partial charge in [0.1, 0.15) is 17.3 Å². The Hall–Kier alpha value is -0.410. The van der Waals surface area contributed by atoms with Crippen LogP contribution in [0.5, 0.6) is 0 Å². The first-order valence-corrected chi connectivity index (χ1v) is 8.77. The Labute approximate surface area is 127 Å². The predicted octanol–water partition coefficient (Wildman–Crippen LogP) is 1.15. The van der Waals surface area contributed by atoms with Gasteiger partial charge in [-0.05, 0) is 48.3 Å². The molecule has 1 aliphatic rings. The second-order valence-corrected chi connectivity index (χ2v) is 7.59. The molecule has 1 atom stereocenters. The Morgan fingerprint density at radius 1 is 1.60 bits per heavy atom. The van der Waals surface area contributed by atoms with Gasteiger partial charge in [0.15, 0.2) is 4.67 Å². The minimum atomic E-state index is -3.62. The Bertz CT molecular complexity index is 558. The van der Waals surface area contributed by atoms with E-state index < -0.39 is 10.0 Å². The smallest absolute Gasteiger partial charge is 0.244 e. The van der Waals surface area contributed by atoms with E-state index in [0.29, 0.717) is 12.5 Å². The first-order chi connectivity index (χ1) is 9.42. The molecule has 114 valence electrons. The van der Waals surface area contributed by atoms with Crippen molar-refractivity contribution < 1.29 is 17.9 Å². The van der Waals surface area contributed by atoms with Crippen LogP contribution in [0, 0.1) is 5.92 Å².